The van der Waals surface area contributed by atoms with Gasteiger partial charge in [0.1, 0.15) is 6.54 Å². The summed E-state index contributed by atoms with van der Waals surface area (Å²) < 4.78 is 32.0. The number of rotatable bonds is 6. The number of nitrogens with zero attached hydrogens (tertiary/aromatic N) is 3. The second kappa shape index (κ2) is 7.47. The number of hydrogen-bond donors (Lipinski definition) is 1. The zero-order chi connectivity index (χ0) is 18.6. The predicted molar refractivity (Wildman–Crippen MR) is 93.1 cm³/mol. The lowest BCUT2D eigenvalue weighted by atomic mass is 10.2. The molecule has 0 aliphatic rings. The number of benzene rings is 1. The van der Waals surface area contributed by atoms with Gasteiger partial charge in [-0.1, -0.05) is 17.7 Å². The fourth-order valence-corrected chi connectivity index (χ4v) is 3.37. The van der Waals surface area contributed by atoms with E-state index in [9.17, 15) is 13.2 Å². The number of amides is 1. The smallest absolute Gasteiger partial charge is 0.267 e. The first kappa shape index (κ1) is 18.7. The Labute approximate surface area is 146 Å². The monoisotopic (exact) mass is 364 g/mol. The third kappa shape index (κ3) is 4.24. The fraction of sp³-hybridized carbons (Fsp3) is 0.312. The molecule has 0 aliphatic carbocycles. The average molecular weight is 364 g/mol. The number of carbonyl (C=O) groups is 1. The first-order valence-corrected chi connectivity index (χ1v) is 8.91. The number of aromatic nitrogens is 2. The van der Waals surface area contributed by atoms with E-state index in [0.717, 1.165) is 9.87 Å². The van der Waals surface area contributed by atoms with Gasteiger partial charge >= 0.3 is 0 Å². The Morgan fingerprint density at radius 1 is 1.20 bits per heavy atom. The highest BCUT2D eigenvalue weighted by molar-refractivity contribution is 7.92. The van der Waals surface area contributed by atoms with E-state index >= 15 is 0 Å². The molecule has 0 atom stereocenters. The maximum atomic E-state index is 13.0. The summed E-state index contributed by atoms with van der Waals surface area (Å²) in [5.41, 5.74) is 1.44. The Bertz CT molecular complexity index is 866. The van der Waals surface area contributed by atoms with Crippen molar-refractivity contribution in [2.75, 3.05) is 25.0 Å². The molecule has 8 nitrogen and oxygen atoms in total. The first-order chi connectivity index (χ1) is 11.8. The minimum atomic E-state index is -4.03. The van der Waals surface area contributed by atoms with E-state index in [-0.39, 0.29) is 16.7 Å². The first-order valence-electron chi connectivity index (χ1n) is 7.47. The topological polar surface area (TPSA) is 101 Å². The second-order valence-electron chi connectivity index (χ2n) is 5.35. The van der Waals surface area contributed by atoms with Crippen molar-refractivity contribution in [3.8, 4) is 5.88 Å². The molecule has 134 valence electrons. The molecule has 0 aliphatic heterocycles. The molecule has 0 spiro atoms. The van der Waals surface area contributed by atoms with E-state index in [2.05, 4.69) is 15.3 Å². The number of sulfonamides is 1. The molecule has 0 saturated carbocycles. The van der Waals surface area contributed by atoms with Gasteiger partial charge in [0.15, 0.2) is 0 Å². The molecular weight excluding hydrogens is 344 g/mol. The van der Waals surface area contributed by atoms with Gasteiger partial charge < -0.3 is 10.1 Å². The zero-order valence-electron chi connectivity index (χ0n) is 14.5. The second-order valence-corrected chi connectivity index (χ2v) is 7.21. The molecule has 0 radical (unpaired) electrons. The molecule has 2 rings (SSSR count). The lowest BCUT2D eigenvalue weighted by Crippen LogP contribution is -2.40. The summed E-state index contributed by atoms with van der Waals surface area (Å²) in [6, 6.07) is 7.90. The van der Waals surface area contributed by atoms with E-state index in [1.165, 1.54) is 26.3 Å². The van der Waals surface area contributed by atoms with Crippen molar-refractivity contribution in [2.45, 2.75) is 18.7 Å². The SMILES string of the molecule is CNC(=O)CN(c1nc(C)cc(OC)n1)S(=O)(=O)c1ccc(C)cc1. The summed E-state index contributed by atoms with van der Waals surface area (Å²) in [7, 11) is -1.18. The van der Waals surface area contributed by atoms with E-state index < -0.39 is 22.5 Å². The Hall–Kier alpha value is -2.68. The van der Waals surface area contributed by atoms with Gasteiger partial charge in [-0.15, -0.1) is 0 Å². The number of likely N-dealkylation sites (N-methyl/N-ethyl adjacent to an activating group) is 1. The fourth-order valence-electron chi connectivity index (χ4n) is 2.05. The highest BCUT2D eigenvalue weighted by Crippen LogP contribution is 2.23. The van der Waals surface area contributed by atoms with Crippen LogP contribution in [0.25, 0.3) is 0 Å². The molecule has 1 heterocycles. The van der Waals surface area contributed by atoms with Crippen LogP contribution in [-0.2, 0) is 14.8 Å². The third-order valence-corrected chi connectivity index (χ3v) is 5.17. The largest absolute Gasteiger partial charge is 0.481 e. The molecule has 9 heteroatoms. The Morgan fingerprint density at radius 2 is 1.84 bits per heavy atom. The molecule has 25 heavy (non-hydrogen) atoms. The zero-order valence-corrected chi connectivity index (χ0v) is 15.3. The lowest BCUT2D eigenvalue weighted by Gasteiger charge is -2.22. The van der Waals surface area contributed by atoms with Crippen LogP contribution in [0.2, 0.25) is 0 Å². The standard InChI is InChI=1S/C16H20N4O4S/c1-11-5-7-13(8-6-11)25(22,23)20(10-14(21)17-3)16-18-12(2)9-15(19-16)24-4/h5-9H,10H2,1-4H3,(H,17,21). The number of carbonyl (C=O) groups excluding carboxylic acids is 1. The lowest BCUT2D eigenvalue weighted by molar-refractivity contribution is -0.119. The van der Waals surface area contributed by atoms with Crippen LogP contribution in [0.4, 0.5) is 5.95 Å². The van der Waals surface area contributed by atoms with Gasteiger partial charge in [-0.25, -0.2) is 17.7 Å². The van der Waals surface area contributed by atoms with Crippen molar-refractivity contribution < 1.29 is 17.9 Å². The third-order valence-electron chi connectivity index (χ3n) is 3.43. The summed E-state index contributed by atoms with van der Waals surface area (Å²) in [4.78, 5) is 20.1. The molecule has 0 saturated heterocycles. The Balaban J connectivity index is 2.57. The number of nitrogens with one attached hydrogen (secondary N) is 1. The van der Waals surface area contributed by atoms with Gasteiger partial charge in [0.2, 0.25) is 17.7 Å². The van der Waals surface area contributed by atoms with Gasteiger partial charge in [-0.2, -0.15) is 4.98 Å². The molecule has 1 N–H and O–H groups in total. The number of ether oxygens (including phenoxy) is 1. The molecule has 1 aromatic carbocycles. The van der Waals surface area contributed by atoms with Crippen LogP contribution in [-0.4, -0.2) is 45.0 Å². The summed E-state index contributed by atoms with van der Waals surface area (Å²) in [6.07, 6.45) is 0. The van der Waals surface area contributed by atoms with Gasteiger partial charge in [-0.3, -0.25) is 4.79 Å². The highest BCUT2D eigenvalue weighted by atomic mass is 32.2. The molecule has 2 aromatic rings. The van der Waals surface area contributed by atoms with E-state index in [1.54, 1.807) is 25.1 Å². The molecule has 1 amide bonds. The summed E-state index contributed by atoms with van der Waals surface area (Å²) in [5, 5.41) is 2.41. The highest BCUT2D eigenvalue weighted by Gasteiger charge is 2.29. The molecule has 0 bridgehead atoms. The van der Waals surface area contributed by atoms with Crippen LogP contribution >= 0.6 is 0 Å². The van der Waals surface area contributed by atoms with Crippen molar-refractivity contribution in [1.82, 2.24) is 15.3 Å². The molecular formula is C16H20N4O4S. The number of anilines is 1. The van der Waals surface area contributed by atoms with Crippen LogP contribution in [0.5, 0.6) is 5.88 Å². The van der Waals surface area contributed by atoms with Crippen LogP contribution < -0.4 is 14.4 Å². The molecule has 1 aromatic heterocycles. The normalized spacial score (nSPS) is 11.0. The minimum absolute atomic E-state index is 0.0473. The van der Waals surface area contributed by atoms with E-state index in [1.807, 2.05) is 6.92 Å². The predicted octanol–water partition coefficient (Wildman–Crippen LogP) is 1.04. The van der Waals surface area contributed by atoms with Gasteiger partial charge in [0, 0.05) is 18.8 Å². The van der Waals surface area contributed by atoms with Gasteiger partial charge in [-0.05, 0) is 26.0 Å². The van der Waals surface area contributed by atoms with Crippen LogP contribution in [0, 0.1) is 13.8 Å². The van der Waals surface area contributed by atoms with Crippen molar-refractivity contribution in [1.29, 1.82) is 0 Å². The summed E-state index contributed by atoms with van der Waals surface area (Å²) >= 11 is 0. The van der Waals surface area contributed by atoms with Crippen molar-refractivity contribution >= 4 is 21.9 Å². The number of hydrogen-bond acceptors (Lipinski definition) is 6. The van der Waals surface area contributed by atoms with Crippen LogP contribution in [0.1, 0.15) is 11.3 Å². The van der Waals surface area contributed by atoms with Crippen molar-refractivity contribution in [3.63, 3.8) is 0 Å². The maximum Gasteiger partial charge on any atom is 0.267 e. The van der Waals surface area contributed by atoms with Gasteiger partial charge in [0.05, 0.1) is 12.0 Å². The average Bonchev–Trinajstić information content (AvgIpc) is 2.58. The molecule has 0 unspecified atom stereocenters. The van der Waals surface area contributed by atoms with Gasteiger partial charge in [0.25, 0.3) is 10.0 Å². The maximum absolute atomic E-state index is 13.0. The number of methoxy groups -OCH3 is 1. The van der Waals surface area contributed by atoms with Crippen molar-refractivity contribution in [3.05, 3.63) is 41.6 Å². The number of aryl methyl sites for hydroxylation is 2. The minimum Gasteiger partial charge on any atom is -0.481 e. The van der Waals surface area contributed by atoms with E-state index in [4.69, 9.17) is 4.74 Å². The van der Waals surface area contributed by atoms with E-state index in [0.29, 0.717) is 5.69 Å². The quantitative estimate of drug-likeness (QED) is 0.822. The van der Waals surface area contributed by atoms with Crippen molar-refractivity contribution in [2.24, 2.45) is 0 Å². The van der Waals surface area contributed by atoms with Crippen LogP contribution in [0.15, 0.2) is 35.2 Å². The summed E-state index contributed by atoms with van der Waals surface area (Å²) in [6.45, 7) is 3.09. The Morgan fingerprint density at radius 3 is 2.40 bits per heavy atom. The molecule has 0 fully saturated rings. The summed E-state index contributed by atoms with van der Waals surface area (Å²) in [5.74, 6) is -0.399. The Kier molecular flexibility index (Phi) is 5.58. The van der Waals surface area contributed by atoms with Crippen LogP contribution in [0.3, 0.4) is 0 Å².